The van der Waals surface area contributed by atoms with Crippen molar-refractivity contribution in [2.45, 2.75) is 45.1 Å². The Morgan fingerprint density at radius 3 is 2.74 bits per heavy atom. The number of carboxylic acid groups (broad SMARTS) is 1. The van der Waals surface area contributed by atoms with Crippen molar-refractivity contribution in [3.63, 3.8) is 0 Å². The monoisotopic (exact) mass is 268 g/mol. The second kappa shape index (κ2) is 5.80. The first kappa shape index (κ1) is 14.2. The van der Waals surface area contributed by atoms with Gasteiger partial charge in [-0.25, -0.2) is 9.59 Å². The molecule has 0 aromatic carbocycles. The highest BCUT2D eigenvalue weighted by Crippen LogP contribution is 2.42. The van der Waals surface area contributed by atoms with Gasteiger partial charge in [0, 0.05) is 20.1 Å². The lowest BCUT2D eigenvalue weighted by atomic mass is 9.94. The molecule has 3 unspecified atom stereocenters. The van der Waals surface area contributed by atoms with Gasteiger partial charge in [-0.1, -0.05) is 19.8 Å². The molecule has 0 aromatic heterocycles. The molecule has 0 spiro atoms. The molecule has 2 fully saturated rings. The van der Waals surface area contributed by atoms with Gasteiger partial charge in [-0.3, -0.25) is 0 Å². The Bertz CT molecular complexity index is 359. The number of carbonyl (C=O) groups excluding carboxylic acids is 1. The van der Waals surface area contributed by atoms with Gasteiger partial charge < -0.3 is 14.9 Å². The number of hydrogen-bond acceptors (Lipinski definition) is 2. The summed E-state index contributed by atoms with van der Waals surface area (Å²) < 4.78 is 0. The molecule has 0 radical (unpaired) electrons. The van der Waals surface area contributed by atoms with E-state index in [2.05, 4.69) is 6.92 Å². The van der Waals surface area contributed by atoms with Crippen LogP contribution in [0.15, 0.2) is 0 Å². The normalized spacial score (nSPS) is 29.4. The summed E-state index contributed by atoms with van der Waals surface area (Å²) in [6, 6.07) is -0.723. The largest absolute Gasteiger partial charge is 0.480 e. The number of likely N-dealkylation sites (tertiary alicyclic amines) is 1. The van der Waals surface area contributed by atoms with Crippen molar-refractivity contribution < 1.29 is 14.7 Å². The summed E-state index contributed by atoms with van der Waals surface area (Å²) in [5, 5.41) is 9.43. The van der Waals surface area contributed by atoms with Gasteiger partial charge >= 0.3 is 12.0 Å². The molecule has 1 aliphatic carbocycles. The number of nitrogens with zero attached hydrogens (tertiary/aromatic N) is 2. The average molecular weight is 268 g/mol. The third kappa shape index (κ3) is 2.69. The third-order valence-corrected chi connectivity index (χ3v) is 4.56. The van der Waals surface area contributed by atoms with E-state index in [9.17, 15) is 14.7 Å². The maximum absolute atomic E-state index is 12.4. The van der Waals surface area contributed by atoms with Crippen LogP contribution in [0.2, 0.25) is 0 Å². The highest BCUT2D eigenvalue weighted by Gasteiger charge is 2.50. The van der Waals surface area contributed by atoms with Crippen LogP contribution in [-0.2, 0) is 4.79 Å². The van der Waals surface area contributed by atoms with Crippen molar-refractivity contribution in [2.75, 3.05) is 20.1 Å². The second-order valence-electron chi connectivity index (χ2n) is 5.85. The summed E-state index contributed by atoms with van der Waals surface area (Å²) >= 11 is 0. The molecule has 0 bridgehead atoms. The van der Waals surface area contributed by atoms with E-state index in [4.69, 9.17) is 0 Å². The highest BCUT2D eigenvalue weighted by atomic mass is 16.4. The average Bonchev–Trinajstić information content (AvgIpc) is 2.93. The minimum atomic E-state index is -0.841. The molecular formula is C14H24N2O3. The van der Waals surface area contributed by atoms with Crippen LogP contribution in [0.4, 0.5) is 4.79 Å². The zero-order valence-electron chi connectivity index (χ0n) is 11.8. The number of carboxylic acids is 1. The van der Waals surface area contributed by atoms with Crippen molar-refractivity contribution in [3.05, 3.63) is 0 Å². The fourth-order valence-electron chi connectivity index (χ4n) is 3.53. The summed E-state index contributed by atoms with van der Waals surface area (Å²) in [7, 11) is 1.77. The van der Waals surface area contributed by atoms with Crippen LogP contribution in [0, 0.1) is 11.8 Å². The summed E-state index contributed by atoms with van der Waals surface area (Å²) in [5.41, 5.74) is 0. The van der Waals surface area contributed by atoms with Gasteiger partial charge in [-0.15, -0.1) is 0 Å². The molecule has 19 heavy (non-hydrogen) atoms. The maximum Gasteiger partial charge on any atom is 0.326 e. The number of hydrogen-bond donors (Lipinski definition) is 1. The number of unbranched alkanes of at least 4 members (excludes halogenated alkanes) is 1. The van der Waals surface area contributed by atoms with Crippen molar-refractivity contribution in [1.29, 1.82) is 0 Å². The van der Waals surface area contributed by atoms with Gasteiger partial charge in [-0.2, -0.15) is 0 Å². The Labute approximate surface area is 114 Å². The van der Waals surface area contributed by atoms with E-state index < -0.39 is 12.0 Å². The highest BCUT2D eigenvalue weighted by molar-refractivity contribution is 5.83. The Morgan fingerprint density at radius 1 is 1.37 bits per heavy atom. The van der Waals surface area contributed by atoms with Crippen molar-refractivity contribution >= 4 is 12.0 Å². The quantitative estimate of drug-likeness (QED) is 0.848. The molecule has 1 N–H and O–H groups in total. The first-order valence-electron chi connectivity index (χ1n) is 7.30. The number of fused-ring (bicyclic) bond motifs is 1. The Kier molecular flexibility index (Phi) is 4.32. The van der Waals surface area contributed by atoms with Gasteiger partial charge in [0.2, 0.25) is 0 Å². The standard InChI is InChI=1S/C14H24N2O3/c1-3-4-8-15(2)14(19)16-9-10-6-5-7-11(10)12(16)13(17)18/h10-12H,3-9H2,1-2H3,(H,17,18). The molecule has 1 saturated carbocycles. The number of aliphatic carboxylic acids is 1. The summed E-state index contributed by atoms with van der Waals surface area (Å²) in [4.78, 5) is 27.1. The third-order valence-electron chi connectivity index (χ3n) is 4.56. The fraction of sp³-hybridized carbons (Fsp3) is 0.857. The molecule has 0 aromatic rings. The molecule has 108 valence electrons. The molecule has 1 heterocycles. The van der Waals surface area contributed by atoms with Crippen LogP contribution in [0.25, 0.3) is 0 Å². The molecule has 5 nitrogen and oxygen atoms in total. The van der Waals surface area contributed by atoms with Crippen LogP contribution < -0.4 is 0 Å². The number of rotatable bonds is 4. The minimum Gasteiger partial charge on any atom is -0.480 e. The summed E-state index contributed by atoms with van der Waals surface area (Å²) in [6.07, 6.45) is 5.11. The summed E-state index contributed by atoms with van der Waals surface area (Å²) in [5.74, 6) is -0.280. The van der Waals surface area contributed by atoms with Crippen molar-refractivity contribution in [2.24, 2.45) is 11.8 Å². The van der Waals surface area contributed by atoms with Gasteiger partial charge in [-0.05, 0) is 31.1 Å². The number of carbonyl (C=O) groups is 2. The Balaban J connectivity index is 2.06. The van der Waals surface area contributed by atoms with Crippen LogP contribution >= 0.6 is 0 Å². The molecule has 1 saturated heterocycles. The lowest BCUT2D eigenvalue weighted by Gasteiger charge is -2.29. The van der Waals surface area contributed by atoms with Crippen LogP contribution in [-0.4, -0.2) is 53.1 Å². The topological polar surface area (TPSA) is 60.9 Å². The van der Waals surface area contributed by atoms with Gasteiger partial charge in [0.05, 0.1) is 0 Å². The van der Waals surface area contributed by atoms with Gasteiger partial charge in [0.15, 0.2) is 0 Å². The lowest BCUT2D eigenvalue weighted by molar-refractivity contribution is -0.142. The zero-order chi connectivity index (χ0) is 14.0. The Hall–Kier alpha value is -1.26. The molecule has 2 aliphatic rings. The predicted octanol–water partition coefficient (Wildman–Crippen LogP) is 2.02. The smallest absolute Gasteiger partial charge is 0.326 e. The minimum absolute atomic E-state index is 0.116. The molecule has 3 atom stereocenters. The summed E-state index contributed by atoms with van der Waals surface area (Å²) in [6.45, 7) is 3.41. The van der Waals surface area contributed by atoms with Crippen LogP contribution in [0.5, 0.6) is 0 Å². The predicted molar refractivity (Wildman–Crippen MR) is 71.9 cm³/mol. The van der Waals surface area contributed by atoms with E-state index in [-0.39, 0.29) is 11.9 Å². The van der Waals surface area contributed by atoms with Crippen molar-refractivity contribution in [3.8, 4) is 0 Å². The van der Waals surface area contributed by atoms with E-state index in [1.54, 1.807) is 16.8 Å². The van der Waals surface area contributed by atoms with E-state index >= 15 is 0 Å². The lowest BCUT2D eigenvalue weighted by Crippen LogP contribution is -2.48. The zero-order valence-corrected chi connectivity index (χ0v) is 11.8. The van der Waals surface area contributed by atoms with Crippen LogP contribution in [0.1, 0.15) is 39.0 Å². The maximum atomic E-state index is 12.4. The van der Waals surface area contributed by atoms with Crippen LogP contribution in [0.3, 0.4) is 0 Å². The SMILES string of the molecule is CCCCN(C)C(=O)N1CC2CCCC2C1C(=O)O. The number of urea groups is 1. The van der Waals surface area contributed by atoms with Gasteiger partial charge in [0.25, 0.3) is 0 Å². The molecule has 5 heteroatoms. The molecule has 1 aliphatic heterocycles. The molecule has 2 rings (SSSR count). The molecular weight excluding hydrogens is 244 g/mol. The van der Waals surface area contributed by atoms with E-state index in [1.807, 2.05) is 0 Å². The first-order chi connectivity index (χ1) is 9.06. The second-order valence-corrected chi connectivity index (χ2v) is 5.85. The number of amides is 2. The first-order valence-corrected chi connectivity index (χ1v) is 7.30. The van der Waals surface area contributed by atoms with E-state index in [0.717, 1.165) is 32.1 Å². The van der Waals surface area contributed by atoms with E-state index in [1.165, 1.54) is 0 Å². The van der Waals surface area contributed by atoms with E-state index in [0.29, 0.717) is 19.0 Å². The van der Waals surface area contributed by atoms with Gasteiger partial charge in [0.1, 0.15) is 6.04 Å². The molecule has 2 amide bonds. The Morgan fingerprint density at radius 2 is 2.11 bits per heavy atom. The van der Waals surface area contributed by atoms with Crippen molar-refractivity contribution in [1.82, 2.24) is 9.80 Å². The fourth-order valence-corrected chi connectivity index (χ4v) is 3.53.